The molecule has 6 heteroatoms. The molecule has 2 fully saturated rings. The van der Waals surface area contributed by atoms with Crippen molar-refractivity contribution in [3.05, 3.63) is 24.3 Å². The Bertz CT molecular complexity index is 500. The summed E-state index contributed by atoms with van der Waals surface area (Å²) in [5.74, 6) is 0.920. The summed E-state index contributed by atoms with van der Waals surface area (Å²) in [7, 11) is 0. The minimum atomic E-state index is 0. The van der Waals surface area contributed by atoms with Gasteiger partial charge in [0.15, 0.2) is 0 Å². The van der Waals surface area contributed by atoms with Crippen LogP contribution in [0.15, 0.2) is 24.3 Å². The molecule has 23 heavy (non-hydrogen) atoms. The maximum absolute atomic E-state index is 12.2. The van der Waals surface area contributed by atoms with E-state index in [0.29, 0.717) is 6.61 Å². The molecule has 1 amide bonds. The second-order valence-electron chi connectivity index (χ2n) is 6.01. The topological polar surface area (TPSA) is 59.6 Å². The van der Waals surface area contributed by atoms with E-state index in [1.54, 1.807) is 0 Å². The fraction of sp³-hybridized carbons (Fsp3) is 0.588. The molecule has 2 aliphatic rings. The van der Waals surface area contributed by atoms with Gasteiger partial charge in [-0.1, -0.05) is 6.07 Å². The first-order chi connectivity index (χ1) is 10.8. The standard InChI is InChI=1S/C17H24N2O3.ClH/c20-17(13-4-2-8-18-11-13)19-14-5-1-6-15(10-14)22-12-16-7-3-9-21-16;/h1,5-6,10,13,16,18H,2-4,7-9,11-12H2,(H,19,20);1H. The number of halogens is 1. The maximum Gasteiger partial charge on any atom is 0.228 e. The first-order valence-electron chi connectivity index (χ1n) is 8.17. The summed E-state index contributed by atoms with van der Waals surface area (Å²) >= 11 is 0. The molecule has 0 aromatic heterocycles. The summed E-state index contributed by atoms with van der Waals surface area (Å²) in [6, 6.07) is 7.59. The molecule has 2 atom stereocenters. The number of carbonyl (C=O) groups excluding carboxylic acids is 1. The predicted octanol–water partition coefficient (Wildman–Crippen LogP) is 2.60. The number of rotatable bonds is 5. The van der Waals surface area contributed by atoms with Crippen LogP contribution in [0.25, 0.3) is 0 Å². The molecule has 0 aliphatic carbocycles. The lowest BCUT2D eigenvalue weighted by Crippen LogP contribution is -2.37. The number of anilines is 1. The summed E-state index contributed by atoms with van der Waals surface area (Å²) in [6.07, 6.45) is 4.38. The average molecular weight is 341 g/mol. The van der Waals surface area contributed by atoms with E-state index in [9.17, 15) is 4.79 Å². The monoisotopic (exact) mass is 340 g/mol. The van der Waals surface area contributed by atoms with Crippen LogP contribution < -0.4 is 15.4 Å². The van der Waals surface area contributed by atoms with E-state index in [1.165, 1.54) is 0 Å². The number of benzene rings is 1. The van der Waals surface area contributed by atoms with Gasteiger partial charge in [0.1, 0.15) is 12.4 Å². The molecule has 5 nitrogen and oxygen atoms in total. The van der Waals surface area contributed by atoms with Crippen molar-refractivity contribution in [3.63, 3.8) is 0 Å². The second kappa shape index (κ2) is 9.11. The van der Waals surface area contributed by atoms with Gasteiger partial charge in [0.05, 0.1) is 12.0 Å². The van der Waals surface area contributed by atoms with Gasteiger partial charge in [-0.15, -0.1) is 12.4 Å². The minimum Gasteiger partial charge on any atom is -0.491 e. The lowest BCUT2D eigenvalue weighted by Gasteiger charge is -2.22. The molecule has 128 valence electrons. The zero-order valence-corrected chi connectivity index (χ0v) is 14.1. The van der Waals surface area contributed by atoms with Crippen LogP contribution in [0, 0.1) is 5.92 Å². The molecule has 0 saturated carbocycles. The molecule has 3 rings (SSSR count). The van der Waals surface area contributed by atoms with Crippen LogP contribution in [0.1, 0.15) is 25.7 Å². The molecule has 2 heterocycles. The number of carbonyl (C=O) groups is 1. The number of hydrogen-bond acceptors (Lipinski definition) is 4. The van der Waals surface area contributed by atoms with Crippen molar-refractivity contribution in [1.82, 2.24) is 5.32 Å². The van der Waals surface area contributed by atoms with Crippen molar-refractivity contribution in [2.75, 3.05) is 31.6 Å². The number of piperidine rings is 1. The Morgan fingerprint density at radius 3 is 3.00 bits per heavy atom. The largest absolute Gasteiger partial charge is 0.491 e. The van der Waals surface area contributed by atoms with Gasteiger partial charge in [0.2, 0.25) is 5.91 Å². The highest BCUT2D eigenvalue weighted by Crippen LogP contribution is 2.21. The summed E-state index contributed by atoms with van der Waals surface area (Å²) in [4.78, 5) is 12.2. The number of amides is 1. The second-order valence-corrected chi connectivity index (χ2v) is 6.01. The highest BCUT2D eigenvalue weighted by molar-refractivity contribution is 5.92. The van der Waals surface area contributed by atoms with Gasteiger partial charge in [-0.25, -0.2) is 0 Å². The molecule has 1 aromatic rings. The van der Waals surface area contributed by atoms with E-state index in [-0.39, 0.29) is 30.3 Å². The van der Waals surface area contributed by atoms with E-state index >= 15 is 0 Å². The molecular weight excluding hydrogens is 316 g/mol. The normalized spacial score (nSPS) is 23.8. The number of ether oxygens (including phenoxy) is 2. The molecule has 2 saturated heterocycles. The SMILES string of the molecule is Cl.O=C(Nc1cccc(OCC2CCCO2)c1)C1CCCNC1. The molecular formula is C17H25ClN2O3. The first-order valence-corrected chi connectivity index (χ1v) is 8.17. The lowest BCUT2D eigenvalue weighted by atomic mass is 9.99. The zero-order valence-electron chi connectivity index (χ0n) is 13.3. The van der Waals surface area contributed by atoms with E-state index in [4.69, 9.17) is 9.47 Å². The maximum atomic E-state index is 12.2. The van der Waals surface area contributed by atoms with Gasteiger partial charge in [0, 0.05) is 24.9 Å². The van der Waals surface area contributed by atoms with E-state index in [1.807, 2.05) is 24.3 Å². The molecule has 2 unspecified atom stereocenters. The average Bonchev–Trinajstić information content (AvgIpc) is 3.08. The van der Waals surface area contributed by atoms with Crippen LogP contribution in [0.5, 0.6) is 5.75 Å². The number of nitrogens with one attached hydrogen (secondary N) is 2. The van der Waals surface area contributed by atoms with Crippen LogP contribution >= 0.6 is 12.4 Å². The molecule has 0 spiro atoms. The quantitative estimate of drug-likeness (QED) is 0.865. The van der Waals surface area contributed by atoms with Gasteiger partial charge in [-0.3, -0.25) is 4.79 Å². The first kappa shape index (κ1) is 18.0. The smallest absolute Gasteiger partial charge is 0.228 e. The lowest BCUT2D eigenvalue weighted by molar-refractivity contribution is -0.120. The van der Waals surface area contributed by atoms with Crippen LogP contribution in [0.2, 0.25) is 0 Å². The molecule has 0 bridgehead atoms. The van der Waals surface area contributed by atoms with Gasteiger partial charge in [-0.2, -0.15) is 0 Å². The van der Waals surface area contributed by atoms with E-state index < -0.39 is 0 Å². The molecule has 1 aromatic carbocycles. The summed E-state index contributed by atoms with van der Waals surface area (Å²) in [5.41, 5.74) is 0.792. The van der Waals surface area contributed by atoms with E-state index in [2.05, 4.69) is 10.6 Å². The van der Waals surface area contributed by atoms with Gasteiger partial charge in [-0.05, 0) is 44.4 Å². The summed E-state index contributed by atoms with van der Waals surface area (Å²) < 4.78 is 11.3. The van der Waals surface area contributed by atoms with Crippen molar-refractivity contribution in [1.29, 1.82) is 0 Å². The Kier molecular flexibility index (Phi) is 7.15. The summed E-state index contributed by atoms with van der Waals surface area (Å²) in [5, 5.41) is 6.25. The van der Waals surface area contributed by atoms with Crippen molar-refractivity contribution in [2.24, 2.45) is 5.92 Å². The molecule has 2 aliphatic heterocycles. The van der Waals surface area contributed by atoms with E-state index in [0.717, 1.165) is 56.8 Å². The van der Waals surface area contributed by atoms with Gasteiger partial charge < -0.3 is 20.1 Å². The van der Waals surface area contributed by atoms with Crippen LogP contribution in [0.3, 0.4) is 0 Å². The van der Waals surface area contributed by atoms with Crippen LogP contribution in [0.4, 0.5) is 5.69 Å². The Morgan fingerprint density at radius 1 is 1.35 bits per heavy atom. The van der Waals surface area contributed by atoms with Crippen LogP contribution in [-0.2, 0) is 9.53 Å². The van der Waals surface area contributed by atoms with Crippen molar-refractivity contribution in [2.45, 2.75) is 31.8 Å². The highest BCUT2D eigenvalue weighted by atomic mass is 35.5. The summed E-state index contributed by atoms with van der Waals surface area (Å²) in [6.45, 7) is 3.18. The van der Waals surface area contributed by atoms with Gasteiger partial charge in [0.25, 0.3) is 0 Å². The minimum absolute atomic E-state index is 0. The van der Waals surface area contributed by atoms with Gasteiger partial charge >= 0.3 is 0 Å². The fourth-order valence-electron chi connectivity index (χ4n) is 2.95. The molecule has 0 radical (unpaired) electrons. The Morgan fingerprint density at radius 2 is 2.26 bits per heavy atom. The third-order valence-electron chi connectivity index (χ3n) is 4.23. The third-order valence-corrected chi connectivity index (χ3v) is 4.23. The fourth-order valence-corrected chi connectivity index (χ4v) is 2.95. The zero-order chi connectivity index (χ0) is 15.2. The highest BCUT2D eigenvalue weighted by Gasteiger charge is 2.21. The predicted molar refractivity (Wildman–Crippen MR) is 92.4 cm³/mol. The van der Waals surface area contributed by atoms with Crippen LogP contribution in [-0.4, -0.2) is 38.3 Å². The van der Waals surface area contributed by atoms with Crippen molar-refractivity contribution >= 4 is 24.0 Å². The Hall–Kier alpha value is -1.30. The molecule has 2 N–H and O–H groups in total. The third kappa shape index (κ3) is 5.37. The Labute approximate surface area is 143 Å². The number of hydrogen-bond donors (Lipinski definition) is 2. The van der Waals surface area contributed by atoms with Crippen molar-refractivity contribution < 1.29 is 14.3 Å². The van der Waals surface area contributed by atoms with Crippen molar-refractivity contribution in [3.8, 4) is 5.75 Å². The Balaban J connectivity index is 0.00000192.